The minimum absolute atomic E-state index is 0. The van der Waals surface area contributed by atoms with Crippen molar-refractivity contribution in [3.63, 3.8) is 0 Å². The van der Waals surface area contributed by atoms with E-state index in [2.05, 4.69) is 11.3 Å². The summed E-state index contributed by atoms with van der Waals surface area (Å²) in [5.74, 6) is -1.20. The molecule has 0 spiro atoms. The molecule has 0 aliphatic heterocycles. The van der Waals surface area contributed by atoms with Gasteiger partial charge in [-0.25, -0.2) is 4.79 Å². The molecule has 0 aromatic heterocycles. The number of esters is 1. The summed E-state index contributed by atoms with van der Waals surface area (Å²) in [6, 6.07) is 0. The number of aliphatic carboxylic acids is 1. The maximum absolute atomic E-state index is 10.4. The van der Waals surface area contributed by atoms with Crippen LogP contribution < -0.4 is 0 Å². The van der Waals surface area contributed by atoms with Gasteiger partial charge in [-0.15, -0.1) is 0 Å². The van der Waals surface area contributed by atoms with Crippen molar-refractivity contribution in [2.24, 2.45) is 0 Å². The molecule has 0 amide bonds. The number of hydrogen-bond donors (Lipinski definition) is 1. The molecular weight excluding hydrogens is 224 g/mol. The number of carbonyl (C=O) groups is 2. The van der Waals surface area contributed by atoms with Crippen molar-refractivity contribution in [1.29, 1.82) is 0 Å². The summed E-state index contributed by atoms with van der Waals surface area (Å²) in [6.45, 7) is 9.04. The van der Waals surface area contributed by atoms with Crippen molar-refractivity contribution in [2.45, 2.75) is 20.8 Å². The number of rotatable bonds is 2. The topological polar surface area (TPSA) is 63.6 Å². The molecule has 1 N–H and O–H groups in total. The number of carboxylic acids is 1. The van der Waals surface area contributed by atoms with Gasteiger partial charge < -0.3 is 9.84 Å². The van der Waals surface area contributed by atoms with Gasteiger partial charge in [0.05, 0.1) is 0 Å². The van der Waals surface area contributed by atoms with Gasteiger partial charge in [0.25, 0.3) is 5.97 Å². The summed E-state index contributed by atoms with van der Waals surface area (Å²) in [6.07, 6.45) is 0. The first-order valence-corrected chi connectivity index (χ1v) is 3.25. The average Bonchev–Trinajstić information content (AvgIpc) is 1.86. The summed E-state index contributed by atoms with van der Waals surface area (Å²) in [5, 5.41) is 7.42. The Kier molecular flexibility index (Phi) is 15.6. The third kappa shape index (κ3) is 24.7. The van der Waals surface area contributed by atoms with Gasteiger partial charge in [0.1, 0.15) is 0 Å². The Bertz CT molecular complexity index is 173. The summed E-state index contributed by atoms with van der Waals surface area (Å²) < 4.78 is 4.44. The van der Waals surface area contributed by atoms with Crippen LogP contribution in [0.1, 0.15) is 20.8 Å². The molecule has 0 bridgehead atoms. The fourth-order valence-corrected chi connectivity index (χ4v) is 0.208. The van der Waals surface area contributed by atoms with Crippen molar-refractivity contribution < 1.29 is 36.5 Å². The Hall–Kier alpha value is -0.801. The van der Waals surface area contributed by atoms with Crippen LogP contribution in [0.3, 0.4) is 0 Å². The van der Waals surface area contributed by atoms with Crippen molar-refractivity contribution >= 4 is 11.9 Å². The monoisotopic (exact) mass is 236 g/mol. The third-order valence-corrected chi connectivity index (χ3v) is 0.573. The molecular formula is C8H13CuO4. The first-order valence-electron chi connectivity index (χ1n) is 3.25. The Labute approximate surface area is 88.4 Å². The zero-order chi connectivity index (χ0) is 10.1. The minimum atomic E-state index is -0.833. The van der Waals surface area contributed by atoms with E-state index < -0.39 is 5.97 Å². The molecule has 0 fully saturated rings. The summed E-state index contributed by atoms with van der Waals surface area (Å²) in [5.41, 5.74) is 0.420. The minimum Gasteiger partial charge on any atom is -0.634 e. The molecule has 5 heteroatoms. The average molecular weight is 237 g/mol. The molecule has 0 aromatic rings. The molecule has 0 saturated carbocycles. The van der Waals surface area contributed by atoms with Gasteiger partial charge in [-0.3, -0.25) is 4.79 Å². The van der Waals surface area contributed by atoms with E-state index in [0.717, 1.165) is 6.92 Å². The second kappa shape index (κ2) is 11.2. The molecule has 0 heterocycles. The Balaban J connectivity index is -0.000000173. The van der Waals surface area contributed by atoms with Gasteiger partial charge in [-0.2, -0.15) is 13.5 Å². The Morgan fingerprint density at radius 1 is 1.38 bits per heavy atom. The SMILES string of the molecule is C=C(C)C(=O)O[CH-]C.CC(=O)O.[Cu+]. The summed E-state index contributed by atoms with van der Waals surface area (Å²) >= 11 is 0. The van der Waals surface area contributed by atoms with Crippen molar-refractivity contribution in [3.8, 4) is 0 Å². The van der Waals surface area contributed by atoms with E-state index in [1.54, 1.807) is 13.8 Å². The van der Waals surface area contributed by atoms with Gasteiger partial charge in [-0.05, 0) is 6.92 Å². The van der Waals surface area contributed by atoms with Gasteiger partial charge in [0.2, 0.25) is 0 Å². The predicted octanol–water partition coefficient (Wildman–Crippen LogP) is 1.38. The van der Waals surface area contributed by atoms with Crippen molar-refractivity contribution in [3.05, 3.63) is 18.8 Å². The molecule has 0 unspecified atom stereocenters. The van der Waals surface area contributed by atoms with Crippen LogP contribution >= 0.6 is 0 Å². The van der Waals surface area contributed by atoms with E-state index in [0.29, 0.717) is 5.57 Å². The normalized spacial score (nSPS) is 7.00. The van der Waals surface area contributed by atoms with Gasteiger partial charge in [-0.1, -0.05) is 6.58 Å². The summed E-state index contributed by atoms with van der Waals surface area (Å²) in [7, 11) is 0. The van der Waals surface area contributed by atoms with Crippen LogP contribution in [0.25, 0.3) is 0 Å². The first-order chi connectivity index (χ1) is 5.41. The van der Waals surface area contributed by atoms with Gasteiger partial charge >= 0.3 is 23.0 Å². The van der Waals surface area contributed by atoms with E-state index in [4.69, 9.17) is 9.90 Å². The molecule has 80 valence electrons. The molecule has 4 nitrogen and oxygen atoms in total. The third-order valence-electron chi connectivity index (χ3n) is 0.573. The Morgan fingerprint density at radius 2 is 1.69 bits per heavy atom. The van der Waals surface area contributed by atoms with Crippen LogP contribution in [0.2, 0.25) is 0 Å². The van der Waals surface area contributed by atoms with Crippen LogP contribution in [-0.4, -0.2) is 17.0 Å². The van der Waals surface area contributed by atoms with Crippen molar-refractivity contribution in [2.75, 3.05) is 0 Å². The van der Waals surface area contributed by atoms with E-state index in [9.17, 15) is 4.79 Å². The number of carbonyl (C=O) groups excluding carboxylic acids is 1. The second-order valence-electron chi connectivity index (χ2n) is 1.94. The molecule has 0 aliphatic carbocycles. The largest absolute Gasteiger partial charge is 1.00 e. The molecule has 0 aliphatic rings. The molecule has 0 radical (unpaired) electrons. The predicted molar refractivity (Wildman–Crippen MR) is 44.2 cm³/mol. The number of carboxylic acid groups (broad SMARTS) is 1. The molecule has 0 rings (SSSR count). The number of ether oxygens (including phenoxy) is 1. The van der Waals surface area contributed by atoms with Crippen LogP contribution in [0, 0.1) is 6.61 Å². The molecule has 0 aromatic carbocycles. The van der Waals surface area contributed by atoms with Crippen LogP contribution in [0.4, 0.5) is 0 Å². The Morgan fingerprint density at radius 3 is 1.77 bits per heavy atom. The van der Waals surface area contributed by atoms with Crippen molar-refractivity contribution in [1.82, 2.24) is 0 Å². The smallest absolute Gasteiger partial charge is 0.634 e. The van der Waals surface area contributed by atoms with Gasteiger partial charge in [0, 0.05) is 12.5 Å². The zero-order valence-corrected chi connectivity index (χ0v) is 8.70. The van der Waals surface area contributed by atoms with E-state index >= 15 is 0 Å². The van der Waals surface area contributed by atoms with Crippen LogP contribution in [0.5, 0.6) is 0 Å². The van der Waals surface area contributed by atoms with E-state index in [1.807, 2.05) is 0 Å². The van der Waals surface area contributed by atoms with E-state index in [1.165, 1.54) is 6.61 Å². The second-order valence-corrected chi connectivity index (χ2v) is 1.94. The maximum atomic E-state index is 10.4. The van der Waals surface area contributed by atoms with Crippen LogP contribution in [0.15, 0.2) is 12.2 Å². The first kappa shape index (κ1) is 18.1. The fraction of sp³-hybridized carbons (Fsp3) is 0.375. The van der Waals surface area contributed by atoms with Gasteiger partial charge in [0.15, 0.2) is 0 Å². The molecule has 13 heavy (non-hydrogen) atoms. The quantitative estimate of drug-likeness (QED) is 0.341. The fourth-order valence-electron chi connectivity index (χ4n) is 0.208. The summed E-state index contributed by atoms with van der Waals surface area (Å²) in [4.78, 5) is 19.4. The zero-order valence-electron chi connectivity index (χ0n) is 7.76. The molecule has 0 saturated heterocycles. The van der Waals surface area contributed by atoms with Crippen LogP contribution in [-0.2, 0) is 31.4 Å². The maximum Gasteiger partial charge on any atom is 1.00 e. The standard InChI is InChI=1S/C6H9O2.C2H4O2.Cu/c1-4-8-6(7)5(2)3;1-2(3)4;/h4H,2H2,1,3H3;1H3,(H,3,4);/q-1;;+1. The number of hydrogen-bond acceptors (Lipinski definition) is 3. The van der Waals surface area contributed by atoms with E-state index in [-0.39, 0.29) is 23.0 Å². The molecule has 0 atom stereocenters.